The van der Waals surface area contributed by atoms with Crippen LogP contribution < -0.4 is 5.32 Å². The molecule has 1 aromatic rings. The number of hydrogen-bond donors (Lipinski definition) is 2. The normalized spacial score (nSPS) is 14.0. The Kier molecular flexibility index (Phi) is 9.00. The number of aliphatic hydroxyl groups excluding tert-OH is 1. The van der Waals surface area contributed by atoms with Gasteiger partial charge in [-0.25, -0.2) is 4.79 Å². The lowest BCUT2D eigenvalue weighted by Gasteiger charge is -2.29. The molecule has 2 N–H and O–H groups in total. The molecule has 0 aromatic heterocycles. The van der Waals surface area contributed by atoms with Gasteiger partial charge in [0.1, 0.15) is 0 Å². The summed E-state index contributed by atoms with van der Waals surface area (Å²) in [5.41, 5.74) is 0.859. The van der Waals surface area contributed by atoms with E-state index in [1.807, 2.05) is 30.3 Å². The molecule has 7 nitrogen and oxygen atoms in total. The zero-order chi connectivity index (χ0) is 18.0. The average Bonchev–Trinajstić information content (AvgIpc) is 2.55. The van der Waals surface area contributed by atoms with Gasteiger partial charge in [-0.1, -0.05) is 30.3 Å². The van der Waals surface area contributed by atoms with Gasteiger partial charge in [-0.15, -0.1) is 0 Å². The van der Waals surface area contributed by atoms with Gasteiger partial charge in [0, 0.05) is 0 Å². The number of carbonyl (C=O) groups excluding carboxylic acids is 1. The quantitative estimate of drug-likeness (QED) is 0.624. The molecule has 0 saturated heterocycles. The number of alkyl carbamates (subject to hydrolysis) is 1. The standard InChI is InChI=1S/C16H26NO6P/c1-4-21-16(19)17-14(12-13-10-8-7-9-11-13)15(18)24(20,22-5-2)23-6-3/h7-11,14-15,18H,4-6,12H2,1-3H3,(H,17,19)/t14-,15-/m0/s1. The molecule has 0 unspecified atom stereocenters. The van der Waals surface area contributed by atoms with Crippen molar-refractivity contribution < 1.29 is 28.3 Å². The summed E-state index contributed by atoms with van der Waals surface area (Å²) >= 11 is 0. The highest BCUT2D eigenvalue weighted by atomic mass is 31.2. The SMILES string of the molecule is CCOC(=O)N[C@@H](Cc1ccccc1)[C@@H](O)P(=O)(OCC)OCC. The van der Waals surface area contributed by atoms with E-state index in [9.17, 15) is 14.5 Å². The lowest BCUT2D eigenvalue weighted by atomic mass is 10.1. The van der Waals surface area contributed by atoms with Crippen molar-refractivity contribution in [2.75, 3.05) is 19.8 Å². The molecule has 0 aliphatic carbocycles. The Morgan fingerprint density at radius 2 is 1.71 bits per heavy atom. The second-order valence-corrected chi connectivity index (χ2v) is 7.08. The molecule has 0 fully saturated rings. The Morgan fingerprint density at radius 3 is 2.21 bits per heavy atom. The maximum absolute atomic E-state index is 12.8. The molecule has 0 heterocycles. The van der Waals surface area contributed by atoms with Gasteiger partial charge in [0.2, 0.25) is 0 Å². The topological polar surface area (TPSA) is 94.1 Å². The molecule has 0 aliphatic heterocycles. The van der Waals surface area contributed by atoms with Crippen molar-refractivity contribution >= 4 is 13.7 Å². The first-order valence-corrected chi connectivity index (χ1v) is 9.62. The Hall–Kier alpha value is -1.40. The summed E-state index contributed by atoms with van der Waals surface area (Å²) in [5, 5.41) is 13.1. The van der Waals surface area contributed by atoms with Crippen LogP contribution in [0.2, 0.25) is 0 Å². The summed E-state index contributed by atoms with van der Waals surface area (Å²) in [6, 6.07) is 8.36. The van der Waals surface area contributed by atoms with Gasteiger partial charge in [-0.05, 0) is 32.8 Å². The van der Waals surface area contributed by atoms with E-state index in [0.717, 1.165) is 5.56 Å². The minimum Gasteiger partial charge on any atom is -0.450 e. The minimum atomic E-state index is -3.79. The van der Waals surface area contributed by atoms with E-state index >= 15 is 0 Å². The van der Waals surface area contributed by atoms with Crippen LogP contribution in [0, 0.1) is 0 Å². The van der Waals surface area contributed by atoms with Crippen molar-refractivity contribution in [2.45, 2.75) is 39.1 Å². The molecule has 2 atom stereocenters. The maximum atomic E-state index is 12.8. The molecule has 0 bridgehead atoms. The maximum Gasteiger partial charge on any atom is 0.407 e. The molecule has 136 valence electrons. The first-order valence-electron chi connectivity index (χ1n) is 8.00. The Labute approximate surface area is 142 Å². The summed E-state index contributed by atoms with van der Waals surface area (Å²) in [6.07, 6.45) is -0.442. The lowest BCUT2D eigenvalue weighted by molar-refractivity contribution is 0.111. The number of ether oxygens (including phenoxy) is 1. The van der Waals surface area contributed by atoms with Crippen molar-refractivity contribution in [3.05, 3.63) is 35.9 Å². The number of carbonyl (C=O) groups is 1. The highest BCUT2D eigenvalue weighted by molar-refractivity contribution is 7.54. The molecule has 1 amide bonds. The van der Waals surface area contributed by atoms with E-state index in [4.69, 9.17) is 13.8 Å². The van der Waals surface area contributed by atoms with Crippen LogP contribution in [0.25, 0.3) is 0 Å². The number of rotatable bonds is 10. The minimum absolute atomic E-state index is 0.117. The van der Waals surface area contributed by atoms with Crippen LogP contribution in [0.5, 0.6) is 0 Å². The molecule has 1 aromatic carbocycles. The van der Waals surface area contributed by atoms with E-state index in [-0.39, 0.29) is 26.2 Å². The van der Waals surface area contributed by atoms with Gasteiger partial charge in [-0.3, -0.25) is 4.57 Å². The van der Waals surface area contributed by atoms with E-state index in [0.29, 0.717) is 0 Å². The van der Waals surface area contributed by atoms with E-state index in [2.05, 4.69) is 5.32 Å². The van der Waals surface area contributed by atoms with Gasteiger partial charge in [0.15, 0.2) is 5.85 Å². The van der Waals surface area contributed by atoms with Crippen molar-refractivity contribution in [3.63, 3.8) is 0 Å². The molecule has 1 rings (SSSR count). The van der Waals surface area contributed by atoms with Crippen LogP contribution in [-0.2, 0) is 24.8 Å². The van der Waals surface area contributed by atoms with Crippen molar-refractivity contribution in [3.8, 4) is 0 Å². The fourth-order valence-corrected chi connectivity index (χ4v) is 3.91. The number of hydrogen-bond acceptors (Lipinski definition) is 6. The monoisotopic (exact) mass is 359 g/mol. The first kappa shape index (κ1) is 20.6. The summed E-state index contributed by atoms with van der Waals surface area (Å²) < 4.78 is 28.0. The van der Waals surface area contributed by atoms with E-state index in [1.54, 1.807) is 20.8 Å². The van der Waals surface area contributed by atoms with Gasteiger partial charge in [0.25, 0.3) is 0 Å². The number of aliphatic hydroxyl groups is 1. The summed E-state index contributed by atoms with van der Waals surface area (Å²) in [6.45, 7) is 5.41. The van der Waals surface area contributed by atoms with Gasteiger partial charge in [-0.2, -0.15) is 0 Å². The number of amides is 1. The lowest BCUT2D eigenvalue weighted by Crippen LogP contribution is -2.45. The summed E-state index contributed by atoms with van der Waals surface area (Å²) in [4.78, 5) is 11.8. The molecular formula is C16H26NO6P. The van der Waals surface area contributed by atoms with Crippen LogP contribution in [0.15, 0.2) is 30.3 Å². The predicted octanol–water partition coefficient (Wildman–Crippen LogP) is 2.93. The van der Waals surface area contributed by atoms with Crippen LogP contribution in [0.3, 0.4) is 0 Å². The fourth-order valence-electron chi connectivity index (χ4n) is 2.19. The fraction of sp³-hybridized carbons (Fsp3) is 0.562. The third-order valence-electron chi connectivity index (χ3n) is 3.18. The van der Waals surface area contributed by atoms with Crippen LogP contribution in [0.4, 0.5) is 4.79 Å². The third kappa shape index (κ3) is 6.24. The Morgan fingerprint density at radius 1 is 1.12 bits per heavy atom. The first-order chi connectivity index (χ1) is 11.5. The number of nitrogens with one attached hydrogen (secondary N) is 1. The van der Waals surface area contributed by atoms with E-state index < -0.39 is 25.6 Å². The Balaban J connectivity index is 3.00. The average molecular weight is 359 g/mol. The van der Waals surface area contributed by atoms with Gasteiger partial charge >= 0.3 is 13.7 Å². The third-order valence-corrected chi connectivity index (χ3v) is 5.42. The molecule has 0 saturated carbocycles. The second kappa shape index (κ2) is 10.5. The van der Waals surface area contributed by atoms with Gasteiger partial charge in [0.05, 0.1) is 25.9 Å². The molecule has 0 aliphatic rings. The molecular weight excluding hydrogens is 333 g/mol. The summed E-state index contributed by atoms with van der Waals surface area (Å²) in [5.74, 6) is -1.51. The molecule has 0 spiro atoms. The van der Waals surface area contributed by atoms with Crippen LogP contribution in [0.1, 0.15) is 26.3 Å². The second-order valence-electron chi connectivity index (χ2n) is 4.95. The smallest absolute Gasteiger partial charge is 0.407 e. The zero-order valence-electron chi connectivity index (χ0n) is 14.3. The summed E-state index contributed by atoms with van der Waals surface area (Å²) in [7, 11) is -3.79. The van der Waals surface area contributed by atoms with Crippen LogP contribution >= 0.6 is 7.60 Å². The number of benzene rings is 1. The highest BCUT2D eigenvalue weighted by Crippen LogP contribution is 2.53. The molecule has 8 heteroatoms. The van der Waals surface area contributed by atoms with Crippen LogP contribution in [-0.4, -0.2) is 42.9 Å². The van der Waals surface area contributed by atoms with E-state index in [1.165, 1.54) is 0 Å². The molecule has 24 heavy (non-hydrogen) atoms. The highest BCUT2D eigenvalue weighted by Gasteiger charge is 2.40. The Bertz CT molecular complexity index is 529. The van der Waals surface area contributed by atoms with Crippen molar-refractivity contribution in [1.82, 2.24) is 5.32 Å². The molecule has 0 radical (unpaired) electrons. The van der Waals surface area contributed by atoms with Gasteiger partial charge < -0.3 is 24.2 Å². The van der Waals surface area contributed by atoms with Crippen molar-refractivity contribution in [1.29, 1.82) is 0 Å². The van der Waals surface area contributed by atoms with Crippen molar-refractivity contribution in [2.24, 2.45) is 0 Å². The predicted molar refractivity (Wildman–Crippen MR) is 91.0 cm³/mol. The largest absolute Gasteiger partial charge is 0.450 e. The zero-order valence-corrected chi connectivity index (χ0v) is 15.2.